The Morgan fingerprint density at radius 2 is 2.36 bits per heavy atom. The molecule has 0 aliphatic heterocycles. The van der Waals surface area contributed by atoms with E-state index in [4.69, 9.17) is 4.74 Å². The first-order valence-electron chi connectivity index (χ1n) is 4.31. The summed E-state index contributed by atoms with van der Waals surface area (Å²) in [6.45, 7) is 2.08. The maximum absolute atomic E-state index is 11.1. The highest BCUT2D eigenvalue weighted by atomic mass is 16.5. The van der Waals surface area contributed by atoms with Gasteiger partial charge in [0.1, 0.15) is 0 Å². The molecule has 0 fully saturated rings. The molecule has 76 valence electrons. The molecule has 1 aromatic rings. The lowest BCUT2D eigenvalue weighted by Crippen LogP contribution is -2.20. The van der Waals surface area contributed by atoms with Gasteiger partial charge in [0, 0.05) is 13.1 Å². The first-order valence-corrected chi connectivity index (χ1v) is 4.31. The fraction of sp³-hybridized carbons (Fsp3) is 0.444. The molecule has 0 bridgehead atoms. The highest BCUT2D eigenvalue weighted by Crippen LogP contribution is 1.95. The van der Waals surface area contributed by atoms with Crippen molar-refractivity contribution in [3.63, 3.8) is 0 Å². The number of carbonyl (C=O) groups excluding carboxylic acids is 1. The van der Waals surface area contributed by atoms with Gasteiger partial charge in [-0.1, -0.05) is 0 Å². The van der Waals surface area contributed by atoms with E-state index in [-0.39, 0.29) is 17.9 Å². The Hall–Kier alpha value is -1.65. The molecule has 14 heavy (non-hydrogen) atoms. The van der Waals surface area contributed by atoms with Crippen molar-refractivity contribution < 1.29 is 9.53 Å². The molecular weight excluding hydrogens is 184 g/mol. The van der Waals surface area contributed by atoms with Crippen molar-refractivity contribution in [3.05, 3.63) is 28.2 Å². The van der Waals surface area contributed by atoms with Gasteiger partial charge in [-0.2, -0.15) is 5.10 Å². The molecule has 0 spiro atoms. The number of carbonyl (C=O) groups is 1. The van der Waals surface area contributed by atoms with Gasteiger partial charge in [0.2, 0.25) is 0 Å². The molecule has 0 saturated heterocycles. The number of aryl methyl sites for hydroxylation is 1. The number of esters is 1. The molecule has 0 amide bonds. The maximum Gasteiger partial charge on any atom is 0.310 e. The van der Waals surface area contributed by atoms with Crippen LogP contribution < -0.4 is 5.56 Å². The zero-order chi connectivity index (χ0) is 10.6. The molecule has 1 heterocycles. The number of aromatic nitrogens is 2. The summed E-state index contributed by atoms with van der Waals surface area (Å²) in [7, 11) is 1.55. The van der Waals surface area contributed by atoms with E-state index in [2.05, 4.69) is 5.10 Å². The molecule has 0 N–H and O–H groups in total. The van der Waals surface area contributed by atoms with Gasteiger partial charge >= 0.3 is 5.97 Å². The average Bonchev–Trinajstić information content (AvgIpc) is 2.12. The van der Waals surface area contributed by atoms with Gasteiger partial charge in [0.05, 0.1) is 19.2 Å². The minimum absolute atomic E-state index is 0.0942. The van der Waals surface area contributed by atoms with Gasteiger partial charge in [-0.15, -0.1) is 0 Å². The predicted molar refractivity (Wildman–Crippen MR) is 49.8 cm³/mol. The van der Waals surface area contributed by atoms with E-state index in [0.29, 0.717) is 12.2 Å². The summed E-state index contributed by atoms with van der Waals surface area (Å²) in [6.07, 6.45) is 1.58. The quantitative estimate of drug-likeness (QED) is 0.632. The number of nitrogens with zero attached hydrogens (tertiary/aromatic N) is 2. The number of rotatable bonds is 3. The minimum atomic E-state index is -0.345. The Bertz CT molecular complexity index is 384. The molecule has 0 unspecified atom stereocenters. The van der Waals surface area contributed by atoms with Crippen molar-refractivity contribution >= 4 is 5.97 Å². The molecule has 0 aromatic carbocycles. The molecule has 1 rings (SSSR count). The van der Waals surface area contributed by atoms with Crippen LogP contribution in [0, 0.1) is 0 Å². The van der Waals surface area contributed by atoms with E-state index < -0.39 is 0 Å². The van der Waals surface area contributed by atoms with Gasteiger partial charge < -0.3 is 4.74 Å². The summed E-state index contributed by atoms with van der Waals surface area (Å²) < 4.78 is 5.94. The predicted octanol–water partition coefficient (Wildman–Crippen LogP) is -0.114. The van der Waals surface area contributed by atoms with Gasteiger partial charge in [-0.25, -0.2) is 4.68 Å². The third-order valence-electron chi connectivity index (χ3n) is 1.68. The van der Waals surface area contributed by atoms with Crippen molar-refractivity contribution in [2.75, 3.05) is 6.61 Å². The standard InChI is InChI=1S/C9H12N2O3/c1-3-14-9(13)5-7-4-8(12)11(2)10-6-7/h4,6H,3,5H2,1-2H3. The van der Waals surface area contributed by atoms with Crippen LogP contribution in [0.5, 0.6) is 0 Å². The van der Waals surface area contributed by atoms with Gasteiger partial charge in [0.15, 0.2) is 0 Å². The maximum atomic E-state index is 11.1. The zero-order valence-electron chi connectivity index (χ0n) is 8.19. The van der Waals surface area contributed by atoms with Crippen molar-refractivity contribution in [3.8, 4) is 0 Å². The topological polar surface area (TPSA) is 61.2 Å². The van der Waals surface area contributed by atoms with Crippen LogP contribution in [0.15, 0.2) is 17.1 Å². The van der Waals surface area contributed by atoms with Gasteiger partial charge in [-0.3, -0.25) is 9.59 Å². The molecule has 0 aliphatic carbocycles. The fourth-order valence-corrected chi connectivity index (χ4v) is 0.982. The smallest absolute Gasteiger partial charge is 0.310 e. The van der Waals surface area contributed by atoms with Crippen LogP contribution in [-0.2, 0) is 23.0 Å². The van der Waals surface area contributed by atoms with E-state index in [1.54, 1.807) is 14.0 Å². The number of ether oxygens (including phenoxy) is 1. The highest BCUT2D eigenvalue weighted by molar-refractivity contribution is 5.72. The Morgan fingerprint density at radius 3 is 2.93 bits per heavy atom. The first-order chi connectivity index (χ1) is 6.63. The summed E-state index contributed by atoms with van der Waals surface area (Å²) in [4.78, 5) is 22.2. The molecule has 5 nitrogen and oxygen atoms in total. The van der Waals surface area contributed by atoms with E-state index in [1.807, 2.05) is 0 Å². The Kier molecular flexibility index (Phi) is 3.39. The van der Waals surface area contributed by atoms with Crippen LogP contribution in [0.25, 0.3) is 0 Å². The van der Waals surface area contributed by atoms with Crippen LogP contribution >= 0.6 is 0 Å². The summed E-state index contributed by atoms with van der Waals surface area (Å²) in [5.41, 5.74) is 0.346. The Morgan fingerprint density at radius 1 is 1.64 bits per heavy atom. The number of hydrogen-bond donors (Lipinski definition) is 0. The highest BCUT2D eigenvalue weighted by Gasteiger charge is 2.04. The Balaban J connectivity index is 2.73. The van der Waals surface area contributed by atoms with Crippen LogP contribution in [-0.4, -0.2) is 22.4 Å². The molecule has 0 aliphatic rings. The van der Waals surface area contributed by atoms with E-state index >= 15 is 0 Å². The first kappa shape index (κ1) is 10.4. The second kappa shape index (κ2) is 4.55. The average molecular weight is 196 g/mol. The van der Waals surface area contributed by atoms with Crippen molar-refractivity contribution in [1.82, 2.24) is 9.78 Å². The lowest BCUT2D eigenvalue weighted by Gasteiger charge is -2.01. The molecule has 5 heteroatoms. The molecule has 0 radical (unpaired) electrons. The SMILES string of the molecule is CCOC(=O)Cc1cnn(C)c(=O)c1. The lowest BCUT2D eigenvalue weighted by molar-refractivity contribution is -0.142. The van der Waals surface area contributed by atoms with Crippen LogP contribution in [0.4, 0.5) is 0 Å². The fourth-order valence-electron chi connectivity index (χ4n) is 0.982. The van der Waals surface area contributed by atoms with E-state index in [0.717, 1.165) is 0 Å². The molecule has 0 atom stereocenters. The zero-order valence-corrected chi connectivity index (χ0v) is 8.19. The Labute approximate surface area is 81.3 Å². The largest absolute Gasteiger partial charge is 0.466 e. The second-order valence-electron chi connectivity index (χ2n) is 2.81. The lowest BCUT2D eigenvalue weighted by atomic mass is 10.2. The second-order valence-corrected chi connectivity index (χ2v) is 2.81. The normalized spacial score (nSPS) is 9.86. The monoisotopic (exact) mass is 196 g/mol. The van der Waals surface area contributed by atoms with E-state index in [1.165, 1.54) is 16.9 Å². The van der Waals surface area contributed by atoms with Gasteiger partial charge in [0.25, 0.3) is 5.56 Å². The number of hydrogen-bond acceptors (Lipinski definition) is 4. The summed E-state index contributed by atoms with van der Waals surface area (Å²) in [5, 5.41) is 3.79. The third kappa shape index (κ3) is 2.69. The summed E-state index contributed by atoms with van der Waals surface area (Å²) in [6, 6.07) is 1.38. The molecule has 0 saturated carbocycles. The minimum Gasteiger partial charge on any atom is -0.466 e. The van der Waals surface area contributed by atoms with Crippen LogP contribution in [0.2, 0.25) is 0 Å². The van der Waals surface area contributed by atoms with E-state index in [9.17, 15) is 9.59 Å². The molecule has 1 aromatic heterocycles. The molecular formula is C9H12N2O3. The van der Waals surface area contributed by atoms with Crippen molar-refractivity contribution in [1.29, 1.82) is 0 Å². The van der Waals surface area contributed by atoms with Crippen LogP contribution in [0.3, 0.4) is 0 Å². The summed E-state index contributed by atoms with van der Waals surface area (Å²) >= 11 is 0. The van der Waals surface area contributed by atoms with Crippen LogP contribution in [0.1, 0.15) is 12.5 Å². The van der Waals surface area contributed by atoms with Gasteiger partial charge in [-0.05, 0) is 12.5 Å². The van der Waals surface area contributed by atoms with Crippen molar-refractivity contribution in [2.45, 2.75) is 13.3 Å². The summed E-state index contributed by atoms with van der Waals surface area (Å²) in [5.74, 6) is -0.345. The third-order valence-corrected chi connectivity index (χ3v) is 1.68. The van der Waals surface area contributed by atoms with Crippen molar-refractivity contribution in [2.24, 2.45) is 7.05 Å².